The Morgan fingerprint density at radius 2 is 2.06 bits per heavy atom. The van der Waals surface area contributed by atoms with Gasteiger partial charge < -0.3 is 10.1 Å². The summed E-state index contributed by atoms with van der Waals surface area (Å²) in [6, 6.07) is 8.81. The summed E-state index contributed by atoms with van der Waals surface area (Å²) < 4.78 is 35.0. The molecular formula is C23H19F2N7O2. The Labute approximate surface area is 193 Å². The molecule has 1 unspecified atom stereocenters. The van der Waals surface area contributed by atoms with E-state index in [1.54, 1.807) is 30.6 Å². The van der Waals surface area contributed by atoms with Crippen molar-refractivity contribution in [2.75, 3.05) is 24.5 Å². The summed E-state index contributed by atoms with van der Waals surface area (Å²) >= 11 is 0. The zero-order valence-electron chi connectivity index (χ0n) is 17.9. The summed E-state index contributed by atoms with van der Waals surface area (Å²) in [6.07, 6.45) is 3.12. The number of halogens is 2. The number of cyclic esters (lactones) is 1. The normalized spacial score (nSPS) is 27.4. The number of ether oxygens (including phenoxy) is 1. The number of anilines is 1. The van der Waals surface area contributed by atoms with Crippen molar-refractivity contribution in [1.82, 2.24) is 25.3 Å². The van der Waals surface area contributed by atoms with Crippen LogP contribution in [0, 0.1) is 34.9 Å². The van der Waals surface area contributed by atoms with Crippen molar-refractivity contribution in [3.63, 3.8) is 0 Å². The third kappa shape index (κ3) is 3.06. The van der Waals surface area contributed by atoms with Crippen molar-refractivity contribution in [3.05, 3.63) is 60.2 Å². The van der Waals surface area contributed by atoms with Gasteiger partial charge in [0.2, 0.25) is 0 Å². The smallest absolute Gasteiger partial charge is 0.414 e. The first-order valence-corrected chi connectivity index (χ1v) is 10.9. The van der Waals surface area contributed by atoms with E-state index < -0.39 is 29.4 Å². The number of nitrogens with zero attached hydrogens (tertiary/aromatic N) is 6. The number of nitriles is 1. The number of hydrogen-bond acceptors (Lipinski definition) is 7. The van der Waals surface area contributed by atoms with Gasteiger partial charge in [-0.05, 0) is 29.8 Å². The first kappa shape index (κ1) is 20.7. The number of aromatic nitrogens is 4. The van der Waals surface area contributed by atoms with Crippen molar-refractivity contribution in [2.45, 2.75) is 18.1 Å². The van der Waals surface area contributed by atoms with Crippen molar-refractivity contribution >= 4 is 11.8 Å². The van der Waals surface area contributed by atoms with Gasteiger partial charge in [0.25, 0.3) is 5.95 Å². The molecule has 4 atom stereocenters. The van der Waals surface area contributed by atoms with Crippen LogP contribution < -0.4 is 10.2 Å². The second-order valence-electron chi connectivity index (χ2n) is 8.82. The molecular weight excluding hydrogens is 444 g/mol. The monoisotopic (exact) mass is 463 g/mol. The fourth-order valence-corrected chi connectivity index (χ4v) is 5.43. The number of nitrogens with one attached hydrogen (secondary N) is 1. The van der Waals surface area contributed by atoms with E-state index in [0.717, 1.165) is 24.8 Å². The average molecular weight is 463 g/mol. The summed E-state index contributed by atoms with van der Waals surface area (Å²) in [4.78, 5) is 17.9. The van der Waals surface area contributed by atoms with E-state index in [2.05, 4.69) is 26.7 Å². The van der Waals surface area contributed by atoms with Crippen LogP contribution in [0.15, 0.2) is 42.9 Å². The molecule has 1 amide bonds. The Hall–Kier alpha value is -3.91. The highest BCUT2D eigenvalue weighted by Gasteiger charge is 2.68. The molecule has 2 saturated heterocycles. The number of hydrogen-bond donors (Lipinski definition) is 1. The third-order valence-corrected chi connectivity index (χ3v) is 7.06. The molecule has 1 aromatic carbocycles. The molecule has 0 radical (unpaired) electrons. The van der Waals surface area contributed by atoms with Crippen LogP contribution in [0.25, 0.3) is 11.1 Å². The summed E-state index contributed by atoms with van der Waals surface area (Å²) in [6.45, 7) is 1.82. The third-order valence-electron chi connectivity index (χ3n) is 7.06. The zero-order chi connectivity index (χ0) is 23.4. The van der Waals surface area contributed by atoms with E-state index in [1.807, 2.05) is 0 Å². The number of piperidine rings is 1. The van der Waals surface area contributed by atoms with Crippen LogP contribution in [0.1, 0.15) is 5.56 Å². The van der Waals surface area contributed by atoms with Gasteiger partial charge in [-0.3, -0.25) is 9.88 Å². The molecule has 3 fully saturated rings. The molecule has 2 aromatic heterocycles. The topological polar surface area (TPSA) is 109 Å². The summed E-state index contributed by atoms with van der Waals surface area (Å²) in [5.74, 6) is -0.845. The van der Waals surface area contributed by atoms with E-state index in [-0.39, 0.29) is 24.9 Å². The Morgan fingerprint density at radius 3 is 2.76 bits per heavy atom. The second kappa shape index (κ2) is 7.56. The summed E-state index contributed by atoms with van der Waals surface area (Å²) in [5.41, 5.74) is 1.39. The molecule has 172 valence electrons. The van der Waals surface area contributed by atoms with Gasteiger partial charge in [0.05, 0.1) is 36.5 Å². The van der Waals surface area contributed by atoms with Gasteiger partial charge in [-0.2, -0.15) is 9.65 Å². The second-order valence-corrected chi connectivity index (χ2v) is 8.82. The molecule has 3 aliphatic rings. The molecule has 2 aliphatic heterocycles. The molecule has 3 aromatic rings. The predicted molar refractivity (Wildman–Crippen MR) is 114 cm³/mol. The lowest BCUT2D eigenvalue weighted by Crippen LogP contribution is -2.26. The van der Waals surface area contributed by atoms with E-state index in [4.69, 9.17) is 4.74 Å². The lowest BCUT2D eigenvalue weighted by Gasteiger charge is -2.19. The number of amides is 1. The van der Waals surface area contributed by atoms with Gasteiger partial charge in [0.1, 0.15) is 11.9 Å². The number of fused-ring (bicyclic) bond motifs is 1. The Bertz CT molecular complexity index is 1330. The van der Waals surface area contributed by atoms with Gasteiger partial charge in [-0.25, -0.2) is 13.9 Å². The largest absolute Gasteiger partial charge is 0.442 e. The molecule has 1 saturated carbocycles. The van der Waals surface area contributed by atoms with E-state index in [1.165, 1.54) is 15.6 Å². The standard InChI is InChI=1S/C23H19F2N7O2/c24-20-5-13(32-10-14(34-22(32)33)9-31-11-21(25)29-30-31)1-2-15(20)16-6-27-4-3-17(16)23(12-26)18-7-28-8-19(18)23/h1-6,11,14,18-19,28H,7-10H2/t14-,18-,19+,23?/m0/s1. The van der Waals surface area contributed by atoms with Crippen molar-refractivity contribution in [1.29, 1.82) is 5.26 Å². The highest BCUT2D eigenvalue weighted by molar-refractivity contribution is 5.90. The van der Waals surface area contributed by atoms with Crippen LogP contribution in [0.5, 0.6) is 0 Å². The van der Waals surface area contributed by atoms with Crippen LogP contribution in [-0.4, -0.2) is 51.8 Å². The maximum Gasteiger partial charge on any atom is 0.414 e. The number of benzene rings is 1. The average Bonchev–Trinajstić information content (AvgIpc) is 3.29. The first-order valence-electron chi connectivity index (χ1n) is 10.9. The summed E-state index contributed by atoms with van der Waals surface area (Å²) in [5, 5.41) is 20.2. The van der Waals surface area contributed by atoms with Crippen LogP contribution in [0.2, 0.25) is 0 Å². The molecule has 34 heavy (non-hydrogen) atoms. The lowest BCUT2D eigenvalue weighted by atomic mass is 9.86. The van der Waals surface area contributed by atoms with Crippen molar-refractivity contribution < 1.29 is 18.3 Å². The van der Waals surface area contributed by atoms with E-state index in [0.29, 0.717) is 16.8 Å². The van der Waals surface area contributed by atoms with Crippen LogP contribution in [0.3, 0.4) is 0 Å². The molecule has 1 N–H and O–H groups in total. The fraction of sp³-hybridized carbons (Fsp3) is 0.348. The number of pyridine rings is 1. The maximum absolute atomic E-state index is 15.4. The molecule has 11 heteroatoms. The predicted octanol–water partition coefficient (Wildman–Crippen LogP) is 2.25. The highest BCUT2D eigenvalue weighted by Crippen LogP contribution is 2.62. The van der Waals surface area contributed by atoms with Crippen molar-refractivity contribution in [2.24, 2.45) is 11.8 Å². The molecule has 4 heterocycles. The Kier molecular flexibility index (Phi) is 4.60. The highest BCUT2D eigenvalue weighted by atomic mass is 19.1. The SMILES string of the molecule is N#CC1(c2ccncc2-c2ccc(N3C[C@H](Cn4cc(F)nn4)OC3=O)cc2F)[C@@H]2CNC[C@@H]21. The molecule has 9 nitrogen and oxygen atoms in total. The minimum Gasteiger partial charge on any atom is -0.442 e. The van der Waals surface area contributed by atoms with Crippen molar-refractivity contribution in [3.8, 4) is 17.2 Å². The molecule has 0 spiro atoms. The van der Waals surface area contributed by atoms with Crippen LogP contribution >= 0.6 is 0 Å². The molecule has 1 aliphatic carbocycles. The summed E-state index contributed by atoms with van der Waals surface area (Å²) in [7, 11) is 0. The fourth-order valence-electron chi connectivity index (χ4n) is 5.43. The number of carbonyl (C=O) groups is 1. The minimum absolute atomic E-state index is 0.131. The van der Waals surface area contributed by atoms with E-state index >= 15 is 4.39 Å². The van der Waals surface area contributed by atoms with Gasteiger partial charge in [0, 0.05) is 48.4 Å². The van der Waals surface area contributed by atoms with Gasteiger partial charge in [-0.15, -0.1) is 0 Å². The van der Waals surface area contributed by atoms with E-state index in [9.17, 15) is 14.4 Å². The first-order chi connectivity index (χ1) is 16.5. The quantitative estimate of drug-likeness (QED) is 0.618. The van der Waals surface area contributed by atoms with Crippen LogP contribution in [0.4, 0.5) is 19.3 Å². The molecule has 6 rings (SSSR count). The molecule has 0 bridgehead atoms. The lowest BCUT2D eigenvalue weighted by molar-refractivity contribution is 0.129. The zero-order valence-corrected chi connectivity index (χ0v) is 17.9. The Balaban J connectivity index is 1.27. The Morgan fingerprint density at radius 1 is 1.24 bits per heavy atom. The minimum atomic E-state index is -0.724. The van der Waals surface area contributed by atoms with Crippen LogP contribution in [-0.2, 0) is 16.7 Å². The maximum atomic E-state index is 15.4. The van der Waals surface area contributed by atoms with Gasteiger partial charge in [-0.1, -0.05) is 10.3 Å². The number of carbonyl (C=O) groups excluding carboxylic acids is 1. The number of rotatable bonds is 5. The van der Waals surface area contributed by atoms with Gasteiger partial charge in [0.15, 0.2) is 0 Å². The van der Waals surface area contributed by atoms with Gasteiger partial charge >= 0.3 is 6.09 Å².